The number of aryl methyl sites for hydroxylation is 1. The summed E-state index contributed by atoms with van der Waals surface area (Å²) < 4.78 is 0. The molecular formula is C10H16N2O. The molecule has 3 N–H and O–H groups in total. The lowest BCUT2D eigenvalue weighted by molar-refractivity contribution is -0.117. The van der Waals surface area contributed by atoms with Crippen LogP contribution in [0.3, 0.4) is 0 Å². The second-order valence-electron chi connectivity index (χ2n) is 3.33. The standard InChI is InChI=1S/C10H16N2O/c1-4-8-6(2)9(5-10(11)13)12-7(8)3/h12H,4-5H2,1-3H3,(H2,11,13). The van der Waals surface area contributed by atoms with E-state index in [0.29, 0.717) is 6.42 Å². The molecule has 0 atom stereocenters. The predicted octanol–water partition coefficient (Wildman–Crippen LogP) is 1.22. The summed E-state index contributed by atoms with van der Waals surface area (Å²) in [5, 5.41) is 0. The lowest BCUT2D eigenvalue weighted by Gasteiger charge is -1.97. The van der Waals surface area contributed by atoms with Gasteiger partial charge in [-0.3, -0.25) is 4.79 Å². The van der Waals surface area contributed by atoms with Crippen molar-refractivity contribution < 1.29 is 4.79 Å². The van der Waals surface area contributed by atoms with Gasteiger partial charge in [0.1, 0.15) is 0 Å². The normalized spacial score (nSPS) is 10.4. The molecule has 3 nitrogen and oxygen atoms in total. The van der Waals surface area contributed by atoms with Gasteiger partial charge >= 0.3 is 0 Å². The van der Waals surface area contributed by atoms with Gasteiger partial charge in [-0.05, 0) is 31.4 Å². The molecule has 0 aliphatic rings. The SMILES string of the molecule is CCc1c(C)[nH]c(CC(N)=O)c1C. The van der Waals surface area contributed by atoms with Gasteiger partial charge in [0.25, 0.3) is 0 Å². The topological polar surface area (TPSA) is 58.9 Å². The molecule has 13 heavy (non-hydrogen) atoms. The van der Waals surface area contributed by atoms with Crippen molar-refractivity contribution in [2.45, 2.75) is 33.6 Å². The summed E-state index contributed by atoms with van der Waals surface area (Å²) >= 11 is 0. The number of primary amides is 1. The van der Waals surface area contributed by atoms with E-state index in [1.807, 2.05) is 13.8 Å². The summed E-state index contributed by atoms with van der Waals surface area (Å²) in [6.07, 6.45) is 1.31. The molecule has 0 saturated heterocycles. The van der Waals surface area contributed by atoms with E-state index in [2.05, 4.69) is 11.9 Å². The van der Waals surface area contributed by atoms with Gasteiger partial charge < -0.3 is 10.7 Å². The summed E-state index contributed by atoms with van der Waals surface area (Å²) in [4.78, 5) is 13.9. The molecule has 0 aliphatic heterocycles. The molecule has 3 heteroatoms. The van der Waals surface area contributed by atoms with E-state index in [9.17, 15) is 4.79 Å². The molecule has 1 rings (SSSR count). The summed E-state index contributed by atoms with van der Waals surface area (Å²) in [6, 6.07) is 0. The van der Waals surface area contributed by atoms with Crippen LogP contribution in [0.15, 0.2) is 0 Å². The number of aromatic nitrogens is 1. The number of carbonyl (C=O) groups is 1. The zero-order valence-corrected chi connectivity index (χ0v) is 8.40. The number of hydrogen-bond donors (Lipinski definition) is 2. The van der Waals surface area contributed by atoms with Crippen LogP contribution in [0.2, 0.25) is 0 Å². The fourth-order valence-electron chi connectivity index (χ4n) is 1.74. The summed E-state index contributed by atoms with van der Waals surface area (Å²) in [7, 11) is 0. The van der Waals surface area contributed by atoms with Crippen LogP contribution in [0, 0.1) is 13.8 Å². The van der Waals surface area contributed by atoms with Crippen LogP contribution in [-0.2, 0) is 17.6 Å². The van der Waals surface area contributed by atoms with E-state index in [1.165, 1.54) is 11.1 Å². The third-order valence-electron chi connectivity index (χ3n) is 2.40. The van der Waals surface area contributed by atoms with Crippen LogP contribution in [0.1, 0.15) is 29.4 Å². The van der Waals surface area contributed by atoms with E-state index in [0.717, 1.165) is 17.8 Å². The Hall–Kier alpha value is -1.25. The average molecular weight is 180 g/mol. The minimum Gasteiger partial charge on any atom is -0.369 e. The first-order valence-corrected chi connectivity index (χ1v) is 4.51. The molecule has 0 unspecified atom stereocenters. The number of H-pyrrole nitrogens is 1. The van der Waals surface area contributed by atoms with Crippen LogP contribution < -0.4 is 5.73 Å². The highest BCUT2D eigenvalue weighted by Gasteiger charge is 2.10. The van der Waals surface area contributed by atoms with Crippen LogP contribution in [0.5, 0.6) is 0 Å². The highest BCUT2D eigenvalue weighted by molar-refractivity contribution is 5.76. The molecule has 0 saturated carbocycles. The molecule has 0 fully saturated rings. The maximum Gasteiger partial charge on any atom is 0.223 e. The molecule has 1 heterocycles. The number of amides is 1. The fraction of sp³-hybridized carbons (Fsp3) is 0.500. The van der Waals surface area contributed by atoms with Gasteiger partial charge in [-0.25, -0.2) is 0 Å². The molecule has 1 aromatic heterocycles. The first-order valence-electron chi connectivity index (χ1n) is 4.51. The summed E-state index contributed by atoms with van der Waals surface area (Å²) in [6.45, 7) is 6.16. The summed E-state index contributed by atoms with van der Waals surface area (Å²) in [5.74, 6) is -0.285. The second kappa shape index (κ2) is 3.64. The van der Waals surface area contributed by atoms with E-state index in [4.69, 9.17) is 5.73 Å². The van der Waals surface area contributed by atoms with Crippen molar-refractivity contribution in [2.24, 2.45) is 5.73 Å². The maximum atomic E-state index is 10.7. The number of carbonyl (C=O) groups excluding carboxylic acids is 1. The van der Waals surface area contributed by atoms with Crippen LogP contribution in [0.25, 0.3) is 0 Å². The van der Waals surface area contributed by atoms with Crippen LogP contribution in [-0.4, -0.2) is 10.9 Å². The van der Waals surface area contributed by atoms with Gasteiger partial charge in [0.15, 0.2) is 0 Å². The monoisotopic (exact) mass is 180 g/mol. The Balaban J connectivity index is 3.03. The van der Waals surface area contributed by atoms with E-state index in [1.54, 1.807) is 0 Å². The fourth-order valence-corrected chi connectivity index (χ4v) is 1.74. The van der Waals surface area contributed by atoms with E-state index >= 15 is 0 Å². The Morgan fingerprint density at radius 2 is 2.08 bits per heavy atom. The van der Waals surface area contributed by atoms with Crippen LogP contribution in [0.4, 0.5) is 0 Å². The first-order chi connectivity index (χ1) is 6.06. The van der Waals surface area contributed by atoms with Gasteiger partial charge in [-0.1, -0.05) is 6.92 Å². The van der Waals surface area contributed by atoms with Gasteiger partial charge in [0, 0.05) is 11.4 Å². The van der Waals surface area contributed by atoms with Crippen molar-refractivity contribution in [3.63, 3.8) is 0 Å². The third kappa shape index (κ3) is 1.91. The van der Waals surface area contributed by atoms with Gasteiger partial charge in [0.2, 0.25) is 5.91 Å². The Bertz CT molecular complexity index is 326. The summed E-state index contributed by atoms with van der Waals surface area (Å²) in [5.41, 5.74) is 9.73. The van der Waals surface area contributed by atoms with Gasteiger partial charge in [-0.2, -0.15) is 0 Å². The highest BCUT2D eigenvalue weighted by atomic mass is 16.1. The van der Waals surface area contributed by atoms with Crippen LogP contribution >= 0.6 is 0 Å². The molecule has 0 aromatic carbocycles. The largest absolute Gasteiger partial charge is 0.369 e. The lowest BCUT2D eigenvalue weighted by Crippen LogP contribution is -2.14. The average Bonchev–Trinajstić information content (AvgIpc) is 2.26. The number of nitrogens with two attached hydrogens (primary N) is 1. The van der Waals surface area contributed by atoms with Crippen molar-refractivity contribution in [2.75, 3.05) is 0 Å². The van der Waals surface area contributed by atoms with Crippen molar-refractivity contribution in [1.29, 1.82) is 0 Å². The number of nitrogens with one attached hydrogen (secondary N) is 1. The molecule has 0 bridgehead atoms. The molecule has 0 aliphatic carbocycles. The van der Waals surface area contributed by atoms with E-state index < -0.39 is 0 Å². The molecular weight excluding hydrogens is 164 g/mol. The molecule has 0 radical (unpaired) electrons. The number of hydrogen-bond acceptors (Lipinski definition) is 1. The second-order valence-corrected chi connectivity index (χ2v) is 3.33. The Morgan fingerprint density at radius 3 is 2.46 bits per heavy atom. The lowest BCUT2D eigenvalue weighted by atomic mass is 10.1. The first kappa shape index (κ1) is 9.84. The molecule has 72 valence electrons. The zero-order valence-electron chi connectivity index (χ0n) is 8.40. The Kier molecular flexibility index (Phi) is 2.76. The van der Waals surface area contributed by atoms with Crippen molar-refractivity contribution in [1.82, 2.24) is 4.98 Å². The number of aromatic amines is 1. The van der Waals surface area contributed by atoms with E-state index in [-0.39, 0.29) is 5.91 Å². The zero-order chi connectivity index (χ0) is 10.0. The van der Waals surface area contributed by atoms with Gasteiger partial charge in [0.05, 0.1) is 6.42 Å². The highest BCUT2D eigenvalue weighted by Crippen LogP contribution is 2.18. The molecule has 0 spiro atoms. The maximum absolute atomic E-state index is 10.7. The minimum atomic E-state index is -0.285. The predicted molar refractivity (Wildman–Crippen MR) is 52.5 cm³/mol. The Labute approximate surface area is 78.3 Å². The van der Waals surface area contributed by atoms with Gasteiger partial charge in [-0.15, -0.1) is 0 Å². The molecule has 1 amide bonds. The van der Waals surface area contributed by atoms with Crippen molar-refractivity contribution in [3.05, 3.63) is 22.5 Å². The minimum absolute atomic E-state index is 0.285. The quantitative estimate of drug-likeness (QED) is 0.722. The smallest absolute Gasteiger partial charge is 0.223 e. The van der Waals surface area contributed by atoms with Crippen molar-refractivity contribution >= 4 is 5.91 Å². The Morgan fingerprint density at radius 1 is 1.46 bits per heavy atom. The number of rotatable bonds is 3. The molecule has 1 aromatic rings. The third-order valence-corrected chi connectivity index (χ3v) is 2.40. The van der Waals surface area contributed by atoms with Crippen molar-refractivity contribution in [3.8, 4) is 0 Å².